The summed E-state index contributed by atoms with van der Waals surface area (Å²) in [4.78, 5) is 7.30. The van der Waals surface area contributed by atoms with Gasteiger partial charge in [0.15, 0.2) is 11.6 Å². The lowest BCUT2D eigenvalue weighted by Gasteiger charge is -2.17. The van der Waals surface area contributed by atoms with Crippen molar-refractivity contribution in [3.05, 3.63) is 82.8 Å². The number of hydrogen-bond donors (Lipinski definition) is 2. The van der Waals surface area contributed by atoms with Crippen molar-refractivity contribution in [3.8, 4) is 16.9 Å². The van der Waals surface area contributed by atoms with Gasteiger partial charge in [0, 0.05) is 23.8 Å². The number of nitrogens with zero attached hydrogens (tertiary/aromatic N) is 2. The first-order valence-electron chi connectivity index (χ1n) is 13.2. The second-order valence-corrected chi connectivity index (χ2v) is 10.9. The molecule has 4 aromatic rings. The lowest BCUT2D eigenvalue weighted by Crippen LogP contribution is -2.21. The minimum absolute atomic E-state index is 0.000185. The largest absolute Gasteiger partial charge is 0.504 e. The molecule has 0 radical (unpaired) electrons. The second-order valence-electron chi connectivity index (χ2n) is 10.5. The number of benzene rings is 3. The highest BCUT2D eigenvalue weighted by Gasteiger charge is 2.24. The van der Waals surface area contributed by atoms with Crippen LogP contribution in [0.15, 0.2) is 60.8 Å². The predicted molar refractivity (Wildman–Crippen MR) is 149 cm³/mol. The standard InChI is InChI=1S/C31H31ClFN3O/c32-27-17-23(18-28(33)31(27)37)22-8-9-29-26(16-22)30(24(19-34-29)14-21-6-7-21)35-25-5-3-4-20(15-25)10-13-36-11-1-2-12-36/h3-5,8-9,15-19,21,37H,1-2,6-7,10-14H2,(H,34,35). The van der Waals surface area contributed by atoms with E-state index < -0.39 is 11.6 Å². The zero-order valence-corrected chi connectivity index (χ0v) is 21.6. The maximum Gasteiger partial charge on any atom is 0.170 e. The summed E-state index contributed by atoms with van der Waals surface area (Å²) in [6.45, 7) is 3.53. The number of fused-ring (bicyclic) bond motifs is 1. The van der Waals surface area contributed by atoms with Gasteiger partial charge in [0.05, 0.1) is 16.2 Å². The molecule has 0 spiro atoms. The average Bonchev–Trinajstić information content (AvgIpc) is 3.57. The molecule has 1 aromatic heterocycles. The molecule has 37 heavy (non-hydrogen) atoms. The Labute approximate surface area is 222 Å². The number of hydrogen-bond acceptors (Lipinski definition) is 4. The third-order valence-electron chi connectivity index (χ3n) is 7.61. The summed E-state index contributed by atoms with van der Waals surface area (Å²) in [5, 5.41) is 14.5. The van der Waals surface area contributed by atoms with Crippen molar-refractivity contribution in [2.24, 2.45) is 5.92 Å². The van der Waals surface area contributed by atoms with Gasteiger partial charge < -0.3 is 15.3 Å². The molecule has 190 valence electrons. The quantitative estimate of drug-likeness (QED) is 0.252. The lowest BCUT2D eigenvalue weighted by molar-refractivity contribution is 0.343. The molecule has 6 heteroatoms. The number of nitrogens with one attached hydrogen (secondary N) is 1. The molecule has 4 nitrogen and oxygen atoms in total. The fourth-order valence-electron chi connectivity index (χ4n) is 5.32. The fourth-order valence-corrected chi connectivity index (χ4v) is 5.53. The van der Waals surface area contributed by atoms with E-state index >= 15 is 0 Å². The van der Waals surface area contributed by atoms with Crippen molar-refractivity contribution >= 4 is 33.9 Å². The lowest BCUT2D eigenvalue weighted by atomic mass is 9.99. The van der Waals surface area contributed by atoms with Crippen LogP contribution >= 0.6 is 11.6 Å². The first-order valence-corrected chi connectivity index (χ1v) is 13.6. The Morgan fingerprint density at radius 2 is 1.86 bits per heavy atom. The number of rotatable bonds is 8. The minimum Gasteiger partial charge on any atom is -0.504 e. The van der Waals surface area contributed by atoms with Crippen LogP contribution in [0.25, 0.3) is 22.0 Å². The molecule has 0 atom stereocenters. The highest BCUT2D eigenvalue weighted by Crippen LogP contribution is 2.39. The van der Waals surface area contributed by atoms with Gasteiger partial charge in [0.25, 0.3) is 0 Å². The number of pyridine rings is 1. The van der Waals surface area contributed by atoms with E-state index in [1.54, 1.807) is 6.07 Å². The van der Waals surface area contributed by atoms with Crippen LogP contribution in [-0.4, -0.2) is 34.6 Å². The number of halogens is 2. The average molecular weight is 516 g/mol. The maximum absolute atomic E-state index is 14.3. The highest BCUT2D eigenvalue weighted by molar-refractivity contribution is 6.32. The van der Waals surface area contributed by atoms with Crippen molar-refractivity contribution in [3.63, 3.8) is 0 Å². The summed E-state index contributed by atoms with van der Waals surface area (Å²) in [7, 11) is 0. The van der Waals surface area contributed by atoms with Crippen LogP contribution in [0.1, 0.15) is 36.8 Å². The van der Waals surface area contributed by atoms with Crippen molar-refractivity contribution in [2.75, 3.05) is 25.0 Å². The fraction of sp³-hybridized carbons (Fsp3) is 0.323. The van der Waals surface area contributed by atoms with Crippen LogP contribution in [0.3, 0.4) is 0 Å². The normalized spacial score (nSPS) is 15.9. The third-order valence-corrected chi connectivity index (χ3v) is 7.90. The van der Waals surface area contributed by atoms with Gasteiger partial charge in [-0.3, -0.25) is 4.98 Å². The number of phenolic OH excluding ortho intramolecular Hbond substituents is 1. The van der Waals surface area contributed by atoms with Crippen molar-refractivity contribution in [1.82, 2.24) is 9.88 Å². The van der Waals surface area contributed by atoms with Gasteiger partial charge in [0.2, 0.25) is 0 Å². The van der Waals surface area contributed by atoms with Gasteiger partial charge in [0.1, 0.15) is 0 Å². The molecule has 1 saturated heterocycles. The van der Waals surface area contributed by atoms with Gasteiger partial charge in [-0.2, -0.15) is 0 Å². The van der Waals surface area contributed by atoms with Crippen molar-refractivity contribution in [1.29, 1.82) is 0 Å². The number of aromatic hydroxyl groups is 1. The minimum atomic E-state index is -0.729. The van der Waals surface area contributed by atoms with Crippen LogP contribution in [-0.2, 0) is 12.8 Å². The Morgan fingerprint density at radius 1 is 1.03 bits per heavy atom. The van der Waals surface area contributed by atoms with Crippen LogP contribution < -0.4 is 5.32 Å². The van der Waals surface area contributed by atoms with Gasteiger partial charge >= 0.3 is 0 Å². The van der Waals surface area contributed by atoms with Gasteiger partial charge in [-0.15, -0.1) is 0 Å². The second kappa shape index (κ2) is 10.3. The van der Waals surface area contributed by atoms with Gasteiger partial charge in [-0.1, -0.05) is 29.8 Å². The molecular weight excluding hydrogens is 485 g/mol. The molecule has 6 rings (SSSR count). The smallest absolute Gasteiger partial charge is 0.170 e. The number of aromatic nitrogens is 1. The molecule has 2 fully saturated rings. The zero-order chi connectivity index (χ0) is 25.4. The summed E-state index contributed by atoms with van der Waals surface area (Å²) in [5.74, 6) is -0.543. The Kier molecular flexibility index (Phi) is 6.74. The molecule has 0 unspecified atom stereocenters. The summed E-state index contributed by atoms with van der Waals surface area (Å²) >= 11 is 6.08. The summed E-state index contributed by atoms with van der Waals surface area (Å²) < 4.78 is 14.3. The van der Waals surface area contributed by atoms with Crippen LogP contribution in [0.2, 0.25) is 5.02 Å². The highest BCUT2D eigenvalue weighted by atomic mass is 35.5. The Balaban J connectivity index is 1.36. The SMILES string of the molecule is Oc1c(F)cc(-c2ccc3ncc(CC4CC4)c(Nc4cccc(CCN5CCCC5)c4)c3c2)cc1Cl. The number of anilines is 2. The van der Waals surface area contributed by atoms with E-state index in [9.17, 15) is 9.50 Å². The van der Waals surface area contributed by atoms with Crippen LogP contribution in [0.5, 0.6) is 5.75 Å². The van der Waals surface area contributed by atoms with E-state index in [1.165, 1.54) is 56.0 Å². The summed E-state index contributed by atoms with van der Waals surface area (Å²) in [6.07, 6.45) is 9.17. The monoisotopic (exact) mass is 515 g/mol. The van der Waals surface area contributed by atoms with Gasteiger partial charge in [-0.05, 0) is 116 Å². The Bertz CT molecular complexity index is 1420. The van der Waals surface area contributed by atoms with Gasteiger partial charge in [-0.25, -0.2) is 4.39 Å². The number of likely N-dealkylation sites (tertiary alicyclic amines) is 1. The Hall–Kier alpha value is -3.15. The van der Waals surface area contributed by atoms with E-state index in [0.717, 1.165) is 47.2 Å². The molecule has 3 aromatic carbocycles. The van der Waals surface area contributed by atoms with E-state index in [4.69, 9.17) is 16.6 Å². The molecule has 2 heterocycles. The molecule has 1 aliphatic carbocycles. The van der Waals surface area contributed by atoms with Crippen LogP contribution in [0, 0.1) is 11.7 Å². The summed E-state index contributed by atoms with van der Waals surface area (Å²) in [6, 6.07) is 17.5. The molecule has 2 N–H and O–H groups in total. The molecule has 1 saturated carbocycles. The maximum atomic E-state index is 14.3. The van der Waals surface area contributed by atoms with E-state index in [2.05, 4.69) is 34.5 Å². The molecule has 0 amide bonds. The van der Waals surface area contributed by atoms with E-state index in [1.807, 2.05) is 24.4 Å². The van der Waals surface area contributed by atoms with Crippen LogP contribution in [0.4, 0.5) is 15.8 Å². The molecule has 2 aliphatic rings. The topological polar surface area (TPSA) is 48.4 Å². The van der Waals surface area contributed by atoms with E-state index in [-0.39, 0.29) is 5.02 Å². The molecule has 0 bridgehead atoms. The first kappa shape index (κ1) is 24.2. The molecule has 1 aliphatic heterocycles. The first-order chi connectivity index (χ1) is 18.0. The predicted octanol–water partition coefficient (Wildman–Crippen LogP) is 7.73. The van der Waals surface area contributed by atoms with E-state index in [0.29, 0.717) is 11.5 Å². The summed E-state index contributed by atoms with van der Waals surface area (Å²) in [5.41, 5.74) is 6.96. The van der Waals surface area contributed by atoms with Crippen molar-refractivity contribution in [2.45, 2.75) is 38.5 Å². The Morgan fingerprint density at radius 3 is 2.65 bits per heavy atom. The third kappa shape index (κ3) is 5.43. The zero-order valence-electron chi connectivity index (χ0n) is 20.8. The number of phenols is 1. The molecular formula is C31H31ClFN3O. The van der Waals surface area contributed by atoms with Crippen molar-refractivity contribution < 1.29 is 9.50 Å².